The van der Waals surface area contributed by atoms with Crippen LogP contribution < -0.4 is 20.9 Å². The van der Waals surface area contributed by atoms with Crippen LogP contribution >= 0.6 is 11.6 Å². The zero-order chi connectivity index (χ0) is 24.4. The molecule has 3 aromatic rings. The van der Waals surface area contributed by atoms with E-state index >= 15 is 0 Å². The molecule has 3 amide bonds. The second-order valence-corrected chi connectivity index (χ2v) is 9.51. The van der Waals surface area contributed by atoms with E-state index in [0.29, 0.717) is 42.1 Å². The second-order valence-electron chi connectivity index (χ2n) is 9.10. The van der Waals surface area contributed by atoms with Crippen LogP contribution in [0.1, 0.15) is 46.4 Å². The number of benzene rings is 2. The smallest absolute Gasteiger partial charge is 0.251 e. The van der Waals surface area contributed by atoms with Gasteiger partial charge in [0.1, 0.15) is 0 Å². The number of hydrogen-bond acceptors (Lipinski definition) is 4. The van der Waals surface area contributed by atoms with E-state index in [9.17, 15) is 14.4 Å². The van der Waals surface area contributed by atoms with Gasteiger partial charge in [-0.25, -0.2) is 0 Å². The average Bonchev–Trinajstić information content (AvgIpc) is 3.25. The number of amides is 3. The minimum atomic E-state index is -0.256. The van der Waals surface area contributed by atoms with Crippen LogP contribution in [0.5, 0.6) is 0 Å². The lowest BCUT2D eigenvalue weighted by Gasteiger charge is -2.33. The summed E-state index contributed by atoms with van der Waals surface area (Å²) >= 11 is 6.14. The maximum absolute atomic E-state index is 13.0. The Morgan fingerprint density at radius 1 is 0.971 bits per heavy atom. The van der Waals surface area contributed by atoms with Crippen molar-refractivity contribution in [2.24, 2.45) is 0 Å². The Bertz CT molecular complexity index is 1260. The normalized spacial score (nSPS) is 20.6. The van der Waals surface area contributed by atoms with Gasteiger partial charge in [0.2, 0.25) is 5.91 Å². The first kappa shape index (κ1) is 23.4. The number of H-pyrrole nitrogens is 1. The molecule has 5 rings (SSSR count). The number of nitrogens with zero attached hydrogens (tertiary/aromatic N) is 1. The summed E-state index contributed by atoms with van der Waals surface area (Å²) in [6.07, 6.45) is 4.88. The summed E-state index contributed by atoms with van der Waals surface area (Å²) in [6, 6.07) is 12.0. The van der Waals surface area contributed by atoms with E-state index in [1.54, 1.807) is 35.4 Å². The van der Waals surface area contributed by atoms with Crippen molar-refractivity contribution < 1.29 is 14.4 Å². The first-order valence-electron chi connectivity index (χ1n) is 12.0. The minimum absolute atomic E-state index is 0.125. The molecule has 2 fully saturated rings. The summed E-state index contributed by atoms with van der Waals surface area (Å²) in [5.74, 6) is -0.281. The minimum Gasteiger partial charge on any atom is -0.360 e. The number of aromatic nitrogens is 1. The highest BCUT2D eigenvalue weighted by Gasteiger charge is 2.28. The zero-order valence-corrected chi connectivity index (χ0v) is 20.0. The molecule has 0 radical (unpaired) electrons. The fraction of sp³-hybridized carbons (Fsp3) is 0.346. The number of anilines is 1. The van der Waals surface area contributed by atoms with Crippen molar-refractivity contribution in [2.75, 3.05) is 24.5 Å². The monoisotopic (exact) mass is 493 g/mol. The van der Waals surface area contributed by atoms with Gasteiger partial charge in [-0.2, -0.15) is 0 Å². The van der Waals surface area contributed by atoms with Crippen molar-refractivity contribution in [3.8, 4) is 0 Å². The third kappa shape index (κ3) is 5.04. The number of carbonyl (C=O) groups excluding carboxylic acids is 3. The summed E-state index contributed by atoms with van der Waals surface area (Å²) in [5.41, 5.74) is 2.66. The molecule has 2 aromatic carbocycles. The van der Waals surface area contributed by atoms with Crippen molar-refractivity contribution in [1.82, 2.24) is 20.9 Å². The Balaban J connectivity index is 1.24. The number of halogens is 1. The van der Waals surface area contributed by atoms with Crippen LogP contribution in [0.4, 0.5) is 5.69 Å². The van der Waals surface area contributed by atoms with Gasteiger partial charge in [0.25, 0.3) is 11.8 Å². The fourth-order valence-electron chi connectivity index (χ4n) is 4.79. The van der Waals surface area contributed by atoms with Gasteiger partial charge in [-0.1, -0.05) is 17.7 Å². The Kier molecular flexibility index (Phi) is 6.74. The summed E-state index contributed by atoms with van der Waals surface area (Å²) in [7, 11) is 0. The highest BCUT2D eigenvalue weighted by molar-refractivity contribution is 6.35. The maximum Gasteiger partial charge on any atom is 0.251 e. The predicted octanol–water partition coefficient (Wildman–Crippen LogP) is 3.23. The third-order valence-electron chi connectivity index (χ3n) is 6.77. The van der Waals surface area contributed by atoms with E-state index < -0.39 is 0 Å². The first-order chi connectivity index (χ1) is 17.0. The molecule has 8 nitrogen and oxygen atoms in total. The summed E-state index contributed by atoms with van der Waals surface area (Å²) in [5, 5.41) is 10.9. The van der Waals surface area contributed by atoms with Crippen molar-refractivity contribution in [3.63, 3.8) is 0 Å². The standard InChI is InChI=1S/C26H28ClN5O3/c27-20-14-29-22-13-17(6-9-19(20)22)26(35)31-23-15-28-11-10-21(23)30-25(34)16-4-7-18(8-5-16)32-12-2-1-3-24(32)33/h4-9,13-14,21,23,28-29H,1-3,10-12,15H2,(H,30,34)(H,31,35). The summed E-state index contributed by atoms with van der Waals surface area (Å²) < 4.78 is 0. The van der Waals surface area contributed by atoms with Gasteiger partial charge < -0.3 is 25.8 Å². The maximum atomic E-state index is 13.0. The van der Waals surface area contributed by atoms with Gasteiger partial charge in [0.05, 0.1) is 17.1 Å². The lowest BCUT2D eigenvalue weighted by molar-refractivity contribution is -0.119. The Morgan fingerprint density at radius 2 is 1.71 bits per heavy atom. The zero-order valence-electron chi connectivity index (χ0n) is 19.3. The molecule has 0 spiro atoms. The molecule has 2 unspecified atom stereocenters. The number of rotatable bonds is 5. The Hall–Kier alpha value is -3.36. The van der Waals surface area contributed by atoms with Gasteiger partial charge in [-0.05, 0) is 62.2 Å². The molecule has 3 heterocycles. The number of fused-ring (bicyclic) bond motifs is 1. The van der Waals surface area contributed by atoms with Crippen molar-refractivity contribution >= 4 is 45.9 Å². The van der Waals surface area contributed by atoms with Crippen molar-refractivity contribution in [2.45, 2.75) is 37.8 Å². The number of piperidine rings is 2. The second kappa shape index (κ2) is 10.1. The van der Waals surface area contributed by atoms with Crippen molar-refractivity contribution in [3.05, 3.63) is 64.8 Å². The lowest BCUT2D eigenvalue weighted by Crippen LogP contribution is -2.59. The topological polar surface area (TPSA) is 106 Å². The summed E-state index contributed by atoms with van der Waals surface area (Å²) in [6.45, 7) is 2.02. The fourth-order valence-corrected chi connectivity index (χ4v) is 5.01. The molecule has 0 bridgehead atoms. The van der Waals surface area contributed by atoms with Gasteiger partial charge in [-0.15, -0.1) is 0 Å². The van der Waals surface area contributed by atoms with Gasteiger partial charge >= 0.3 is 0 Å². The van der Waals surface area contributed by atoms with Crippen LogP contribution in [0, 0.1) is 0 Å². The molecule has 1 aromatic heterocycles. The third-order valence-corrected chi connectivity index (χ3v) is 7.09. The Morgan fingerprint density at radius 3 is 2.51 bits per heavy atom. The van der Waals surface area contributed by atoms with Crippen LogP contribution in [0.15, 0.2) is 48.7 Å². The molecule has 35 heavy (non-hydrogen) atoms. The van der Waals surface area contributed by atoms with Gasteiger partial charge in [0, 0.05) is 53.4 Å². The van der Waals surface area contributed by atoms with Crippen LogP contribution in [0.3, 0.4) is 0 Å². The first-order valence-corrected chi connectivity index (χ1v) is 12.4. The number of aromatic amines is 1. The molecule has 4 N–H and O–H groups in total. The predicted molar refractivity (Wildman–Crippen MR) is 136 cm³/mol. The highest BCUT2D eigenvalue weighted by atomic mass is 35.5. The largest absolute Gasteiger partial charge is 0.360 e. The highest BCUT2D eigenvalue weighted by Crippen LogP contribution is 2.24. The van der Waals surface area contributed by atoms with E-state index in [0.717, 1.165) is 36.0 Å². The molecule has 2 atom stereocenters. The molecular formula is C26H28ClN5O3. The van der Waals surface area contributed by atoms with Gasteiger partial charge in [-0.3, -0.25) is 14.4 Å². The van der Waals surface area contributed by atoms with E-state index in [1.165, 1.54) is 0 Å². The number of hydrogen-bond donors (Lipinski definition) is 4. The van der Waals surface area contributed by atoms with E-state index in [1.807, 2.05) is 18.2 Å². The van der Waals surface area contributed by atoms with Crippen molar-refractivity contribution in [1.29, 1.82) is 0 Å². The average molecular weight is 494 g/mol. The van der Waals surface area contributed by atoms with Crippen LogP contribution in [-0.2, 0) is 4.79 Å². The van der Waals surface area contributed by atoms with Crippen LogP contribution in [0.2, 0.25) is 5.02 Å². The SMILES string of the molecule is O=C(NC1CCNCC1NC(=O)c1ccc2c(Cl)c[nH]c2c1)c1ccc(N2CCCCC2=O)cc1. The Labute approximate surface area is 208 Å². The molecule has 2 saturated heterocycles. The molecule has 182 valence electrons. The van der Waals surface area contributed by atoms with E-state index in [-0.39, 0.29) is 29.8 Å². The molecule has 0 aliphatic carbocycles. The molecule has 2 aliphatic heterocycles. The summed E-state index contributed by atoms with van der Waals surface area (Å²) in [4.78, 5) is 42.9. The molecular weight excluding hydrogens is 466 g/mol. The van der Waals surface area contributed by atoms with Gasteiger partial charge in [0.15, 0.2) is 0 Å². The lowest BCUT2D eigenvalue weighted by atomic mass is 9.99. The molecule has 0 saturated carbocycles. The quantitative estimate of drug-likeness (QED) is 0.438. The van der Waals surface area contributed by atoms with Crippen LogP contribution in [0.25, 0.3) is 10.9 Å². The van der Waals surface area contributed by atoms with Crippen LogP contribution in [-0.4, -0.2) is 54.4 Å². The van der Waals surface area contributed by atoms with E-state index in [4.69, 9.17) is 11.6 Å². The van der Waals surface area contributed by atoms with E-state index in [2.05, 4.69) is 20.9 Å². The molecule has 9 heteroatoms. The number of carbonyl (C=O) groups is 3. The molecule has 2 aliphatic rings. The number of nitrogens with one attached hydrogen (secondary N) is 4.